The second kappa shape index (κ2) is 3.10. The maximum Gasteiger partial charge on any atom is 0.197 e. The van der Waals surface area contributed by atoms with Gasteiger partial charge >= 0.3 is 0 Å². The molecule has 0 aliphatic rings. The molecular weight excluding hydrogens is 184 g/mol. The second-order valence-corrected chi connectivity index (χ2v) is 3.08. The second-order valence-electron chi connectivity index (χ2n) is 2.69. The van der Waals surface area contributed by atoms with Crippen molar-refractivity contribution in [1.82, 2.24) is 19.7 Å². The Morgan fingerprint density at radius 3 is 3.00 bits per heavy atom. The highest BCUT2D eigenvalue weighted by Crippen LogP contribution is 2.13. The van der Waals surface area contributed by atoms with Crippen LogP contribution in [0.1, 0.15) is 0 Å². The van der Waals surface area contributed by atoms with Crippen LogP contribution in [0.15, 0.2) is 24.7 Å². The zero-order valence-corrected chi connectivity index (χ0v) is 7.88. The molecule has 0 aliphatic carbocycles. The third-order valence-electron chi connectivity index (χ3n) is 1.69. The minimum Gasteiger partial charge on any atom is -0.330 e. The first-order valence-electron chi connectivity index (χ1n) is 3.80. The fourth-order valence-electron chi connectivity index (χ4n) is 1.10. The number of hydrogen-bond acceptors (Lipinski definition) is 3. The van der Waals surface area contributed by atoms with Crippen molar-refractivity contribution in [3.63, 3.8) is 0 Å². The van der Waals surface area contributed by atoms with Crippen LogP contribution in [0.4, 0.5) is 0 Å². The van der Waals surface area contributed by atoms with Crippen LogP contribution in [0.25, 0.3) is 11.3 Å². The first kappa shape index (κ1) is 8.12. The maximum absolute atomic E-state index is 4.91. The number of rotatable bonds is 1. The number of aryl methyl sites for hydroxylation is 1. The van der Waals surface area contributed by atoms with Gasteiger partial charge in [0.2, 0.25) is 0 Å². The van der Waals surface area contributed by atoms with E-state index in [-0.39, 0.29) is 0 Å². The van der Waals surface area contributed by atoms with E-state index in [2.05, 4.69) is 15.1 Å². The highest BCUT2D eigenvalue weighted by Gasteiger charge is 1.98. The largest absolute Gasteiger partial charge is 0.330 e. The Bertz CT molecular complexity index is 471. The highest BCUT2D eigenvalue weighted by molar-refractivity contribution is 7.71. The van der Waals surface area contributed by atoms with E-state index in [1.807, 2.05) is 19.3 Å². The molecule has 2 aromatic heterocycles. The molecule has 0 spiro atoms. The number of H-pyrrole nitrogens is 1. The van der Waals surface area contributed by atoms with E-state index in [0.717, 1.165) is 11.3 Å². The van der Waals surface area contributed by atoms with Crippen LogP contribution in [0.2, 0.25) is 0 Å². The molecule has 0 radical (unpaired) electrons. The van der Waals surface area contributed by atoms with E-state index >= 15 is 0 Å². The Kier molecular flexibility index (Phi) is 1.94. The Balaban J connectivity index is 2.52. The van der Waals surface area contributed by atoms with E-state index in [0.29, 0.717) is 4.77 Å². The van der Waals surface area contributed by atoms with Gasteiger partial charge in [-0.2, -0.15) is 5.10 Å². The van der Waals surface area contributed by atoms with Crippen LogP contribution >= 0.6 is 12.2 Å². The van der Waals surface area contributed by atoms with Gasteiger partial charge in [0, 0.05) is 25.0 Å². The normalized spacial score (nSPS) is 10.2. The van der Waals surface area contributed by atoms with Gasteiger partial charge in [-0.15, -0.1) is 0 Å². The molecule has 0 amide bonds. The Morgan fingerprint density at radius 1 is 1.54 bits per heavy atom. The lowest BCUT2D eigenvalue weighted by atomic mass is 10.2. The van der Waals surface area contributed by atoms with Crippen molar-refractivity contribution in [3.05, 3.63) is 29.4 Å². The maximum atomic E-state index is 4.91. The van der Waals surface area contributed by atoms with Gasteiger partial charge in [-0.1, -0.05) is 0 Å². The van der Waals surface area contributed by atoms with Crippen LogP contribution in [0.3, 0.4) is 0 Å². The number of nitrogens with zero attached hydrogens (tertiary/aromatic N) is 3. The predicted molar refractivity (Wildman–Crippen MR) is 51.6 cm³/mol. The average Bonchev–Trinajstić information content (AvgIpc) is 2.52. The molecule has 1 N–H and O–H groups in total. The number of nitrogens with one attached hydrogen (secondary N) is 1. The molecule has 2 heterocycles. The van der Waals surface area contributed by atoms with E-state index < -0.39 is 0 Å². The topological polar surface area (TPSA) is 46.5 Å². The highest BCUT2D eigenvalue weighted by atomic mass is 32.1. The van der Waals surface area contributed by atoms with Crippen molar-refractivity contribution in [2.45, 2.75) is 0 Å². The zero-order chi connectivity index (χ0) is 9.26. The number of aromatic amines is 1. The van der Waals surface area contributed by atoms with Crippen molar-refractivity contribution in [3.8, 4) is 11.3 Å². The first-order valence-corrected chi connectivity index (χ1v) is 4.21. The predicted octanol–water partition coefficient (Wildman–Crippen LogP) is 1.54. The molecule has 66 valence electrons. The summed E-state index contributed by atoms with van der Waals surface area (Å²) in [5, 5.41) is 4.06. The zero-order valence-electron chi connectivity index (χ0n) is 7.06. The SMILES string of the molecule is Cn1cc(-c2ccnc(=S)[nH]2)cn1. The van der Waals surface area contributed by atoms with Gasteiger partial charge in [-0.3, -0.25) is 4.68 Å². The van der Waals surface area contributed by atoms with Crippen molar-refractivity contribution in [2.24, 2.45) is 7.05 Å². The third-order valence-corrected chi connectivity index (χ3v) is 1.90. The van der Waals surface area contributed by atoms with Crippen LogP contribution in [-0.2, 0) is 7.05 Å². The molecule has 0 saturated carbocycles. The summed E-state index contributed by atoms with van der Waals surface area (Å²) in [6.07, 6.45) is 5.38. The summed E-state index contributed by atoms with van der Waals surface area (Å²) in [4.78, 5) is 6.89. The molecule has 0 fully saturated rings. The van der Waals surface area contributed by atoms with E-state index in [9.17, 15) is 0 Å². The van der Waals surface area contributed by atoms with Crippen molar-refractivity contribution >= 4 is 12.2 Å². The Labute approximate surface area is 80.3 Å². The van der Waals surface area contributed by atoms with E-state index in [4.69, 9.17) is 12.2 Å². The summed E-state index contributed by atoms with van der Waals surface area (Å²) in [5.74, 6) is 0. The summed E-state index contributed by atoms with van der Waals surface area (Å²) in [7, 11) is 1.87. The molecule has 0 unspecified atom stereocenters. The van der Waals surface area contributed by atoms with E-state index in [1.54, 1.807) is 17.1 Å². The van der Waals surface area contributed by atoms with Crippen molar-refractivity contribution in [1.29, 1.82) is 0 Å². The summed E-state index contributed by atoms with van der Waals surface area (Å²) in [6.45, 7) is 0. The minimum absolute atomic E-state index is 0.487. The van der Waals surface area contributed by atoms with Crippen molar-refractivity contribution in [2.75, 3.05) is 0 Å². The van der Waals surface area contributed by atoms with Gasteiger partial charge in [0.1, 0.15) is 0 Å². The van der Waals surface area contributed by atoms with Gasteiger partial charge in [-0.25, -0.2) is 4.98 Å². The first-order chi connectivity index (χ1) is 6.25. The Morgan fingerprint density at radius 2 is 2.38 bits per heavy atom. The summed E-state index contributed by atoms with van der Waals surface area (Å²) in [5.41, 5.74) is 1.95. The molecule has 0 atom stereocenters. The molecule has 0 aliphatic heterocycles. The molecule has 0 saturated heterocycles. The standard InChI is InChI=1S/C8H8N4S/c1-12-5-6(4-10-12)7-2-3-9-8(13)11-7/h2-5H,1H3,(H,9,11,13). The Hall–Kier alpha value is -1.49. The molecule has 2 rings (SSSR count). The molecule has 13 heavy (non-hydrogen) atoms. The summed E-state index contributed by atoms with van der Waals surface area (Å²) >= 11 is 4.91. The van der Waals surface area contributed by atoms with Gasteiger partial charge in [0.25, 0.3) is 0 Å². The van der Waals surface area contributed by atoms with E-state index in [1.165, 1.54) is 0 Å². The van der Waals surface area contributed by atoms with Crippen LogP contribution < -0.4 is 0 Å². The van der Waals surface area contributed by atoms with Crippen LogP contribution in [-0.4, -0.2) is 19.7 Å². The van der Waals surface area contributed by atoms with Gasteiger partial charge in [0.15, 0.2) is 4.77 Å². The monoisotopic (exact) mass is 192 g/mol. The quantitative estimate of drug-likeness (QED) is 0.697. The van der Waals surface area contributed by atoms with Crippen LogP contribution in [0.5, 0.6) is 0 Å². The lowest BCUT2D eigenvalue weighted by molar-refractivity contribution is 0.768. The lowest BCUT2D eigenvalue weighted by Crippen LogP contribution is -1.85. The van der Waals surface area contributed by atoms with Gasteiger partial charge < -0.3 is 4.98 Å². The molecular formula is C8H8N4S. The smallest absolute Gasteiger partial charge is 0.197 e. The lowest BCUT2D eigenvalue weighted by Gasteiger charge is -1.94. The van der Waals surface area contributed by atoms with Crippen molar-refractivity contribution < 1.29 is 0 Å². The molecule has 5 heteroatoms. The summed E-state index contributed by atoms with van der Waals surface area (Å²) < 4.78 is 2.23. The minimum atomic E-state index is 0.487. The van der Waals surface area contributed by atoms with Gasteiger partial charge in [-0.05, 0) is 18.3 Å². The molecule has 2 aromatic rings. The molecule has 0 bridgehead atoms. The number of hydrogen-bond donors (Lipinski definition) is 1. The fraction of sp³-hybridized carbons (Fsp3) is 0.125. The van der Waals surface area contributed by atoms with Crippen LogP contribution in [0, 0.1) is 4.77 Å². The average molecular weight is 192 g/mol. The third kappa shape index (κ3) is 1.65. The van der Waals surface area contributed by atoms with Gasteiger partial charge in [0.05, 0.1) is 11.9 Å². The molecule has 4 nitrogen and oxygen atoms in total. The number of aromatic nitrogens is 4. The molecule has 0 aromatic carbocycles. The summed E-state index contributed by atoms with van der Waals surface area (Å²) in [6, 6.07) is 1.87. The fourth-order valence-corrected chi connectivity index (χ4v) is 1.27.